The molecular formula is C20H25N3O5S2. The van der Waals surface area contributed by atoms with Crippen LogP contribution >= 0.6 is 11.3 Å². The van der Waals surface area contributed by atoms with Crippen molar-refractivity contribution in [2.24, 2.45) is 0 Å². The Kier molecular flexibility index (Phi) is 6.69. The Morgan fingerprint density at radius 2 is 2.00 bits per heavy atom. The van der Waals surface area contributed by atoms with E-state index in [1.807, 2.05) is 5.38 Å². The van der Waals surface area contributed by atoms with Crippen LogP contribution in [0.25, 0.3) is 0 Å². The maximum Gasteiger partial charge on any atom is 0.256 e. The van der Waals surface area contributed by atoms with Crippen LogP contribution in [-0.4, -0.2) is 64.2 Å². The maximum absolute atomic E-state index is 13.1. The van der Waals surface area contributed by atoms with Crippen LogP contribution in [0, 0.1) is 0 Å². The van der Waals surface area contributed by atoms with Crippen molar-refractivity contribution in [3.8, 4) is 0 Å². The zero-order valence-electron chi connectivity index (χ0n) is 16.5. The van der Waals surface area contributed by atoms with E-state index < -0.39 is 10.0 Å². The highest BCUT2D eigenvalue weighted by Crippen LogP contribution is 2.29. The molecule has 8 nitrogen and oxygen atoms in total. The molecule has 0 radical (unpaired) electrons. The minimum Gasteiger partial charge on any atom is -0.381 e. The van der Waals surface area contributed by atoms with Gasteiger partial charge in [0.15, 0.2) is 0 Å². The average molecular weight is 452 g/mol. The molecule has 3 heterocycles. The number of carbonyl (C=O) groups is 1. The van der Waals surface area contributed by atoms with Gasteiger partial charge in [0.25, 0.3) is 5.91 Å². The van der Waals surface area contributed by atoms with E-state index in [0.29, 0.717) is 49.8 Å². The lowest BCUT2D eigenvalue weighted by molar-refractivity contribution is 0.0730. The van der Waals surface area contributed by atoms with Gasteiger partial charge >= 0.3 is 0 Å². The quantitative estimate of drug-likeness (QED) is 0.672. The standard InChI is InChI=1S/C20H25N3O5S2/c24-20(15-5-11-29-14-15)22-19-12-17(30(25,26)23-6-9-27-10-7-23)3-4-18(19)21-13-16-2-1-8-28-16/h3-5,11-12,14,16,21H,1-2,6-10,13H2,(H,22,24)/t16-/m0/s1. The summed E-state index contributed by atoms with van der Waals surface area (Å²) in [6.07, 6.45) is 2.12. The third-order valence-electron chi connectivity index (χ3n) is 5.17. The number of sulfonamides is 1. The molecule has 0 spiro atoms. The summed E-state index contributed by atoms with van der Waals surface area (Å²) >= 11 is 1.43. The lowest BCUT2D eigenvalue weighted by Gasteiger charge is -2.26. The molecule has 2 aliphatic heterocycles. The molecule has 30 heavy (non-hydrogen) atoms. The summed E-state index contributed by atoms with van der Waals surface area (Å²) < 4.78 is 38.4. The van der Waals surface area contributed by atoms with Crippen molar-refractivity contribution < 1.29 is 22.7 Å². The van der Waals surface area contributed by atoms with Gasteiger partial charge in [-0.3, -0.25) is 4.79 Å². The zero-order chi connectivity index (χ0) is 21.0. The summed E-state index contributed by atoms with van der Waals surface area (Å²) in [5.74, 6) is -0.280. The molecule has 10 heteroatoms. The monoisotopic (exact) mass is 451 g/mol. The number of amides is 1. The first-order valence-corrected chi connectivity index (χ1v) is 12.3. The Balaban J connectivity index is 1.59. The fraction of sp³-hybridized carbons (Fsp3) is 0.450. The maximum atomic E-state index is 13.1. The average Bonchev–Trinajstić information content (AvgIpc) is 3.47. The molecule has 2 aromatic rings. The van der Waals surface area contributed by atoms with Gasteiger partial charge in [-0.2, -0.15) is 15.6 Å². The van der Waals surface area contributed by atoms with Crippen molar-refractivity contribution in [2.45, 2.75) is 23.8 Å². The number of morpholine rings is 1. The highest BCUT2D eigenvalue weighted by Gasteiger charge is 2.27. The SMILES string of the molecule is O=C(Nc1cc(S(=O)(=O)N2CCOCC2)ccc1NC[C@@H]1CCCO1)c1ccsc1. The van der Waals surface area contributed by atoms with Gasteiger partial charge in [0.05, 0.1) is 41.2 Å². The van der Waals surface area contributed by atoms with Gasteiger partial charge < -0.3 is 20.1 Å². The fourth-order valence-corrected chi connectivity index (χ4v) is 5.57. The van der Waals surface area contributed by atoms with Crippen LogP contribution in [0.1, 0.15) is 23.2 Å². The summed E-state index contributed by atoms with van der Waals surface area (Å²) in [6.45, 7) is 2.74. The normalized spacial score (nSPS) is 20.2. The van der Waals surface area contributed by atoms with E-state index >= 15 is 0 Å². The predicted octanol–water partition coefficient (Wildman–Crippen LogP) is 2.61. The molecule has 2 N–H and O–H groups in total. The van der Waals surface area contributed by atoms with E-state index in [-0.39, 0.29) is 16.9 Å². The Bertz CT molecular complexity index is 966. The Labute approximate surface area is 180 Å². The number of thiophene rings is 1. The second-order valence-electron chi connectivity index (χ2n) is 7.21. The number of ether oxygens (including phenoxy) is 2. The third-order valence-corrected chi connectivity index (χ3v) is 7.75. The number of nitrogens with zero attached hydrogens (tertiary/aromatic N) is 1. The first kappa shape index (κ1) is 21.3. The van der Waals surface area contributed by atoms with Crippen LogP contribution in [0.15, 0.2) is 39.9 Å². The molecule has 1 aromatic heterocycles. The van der Waals surface area contributed by atoms with Crippen LogP contribution < -0.4 is 10.6 Å². The number of hydrogen-bond donors (Lipinski definition) is 2. The van der Waals surface area contributed by atoms with Crippen LogP contribution in [-0.2, 0) is 19.5 Å². The van der Waals surface area contributed by atoms with Crippen molar-refractivity contribution in [3.63, 3.8) is 0 Å². The van der Waals surface area contributed by atoms with Crippen LogP contribution in [0.3, 0.4) is 0 Å². The van der Waals surface area contributed by atoms with Gasteiger partial charge in [-0.1, -0.05) is 0 Å². The Hall–Kier alpha value is -1.98. The van der Waals surface area contributed by atoms with E-state index in [2.05, 4.69) is 10.6 Å². The molecule has 0 aliphatic carbocycles. The van der Waals surface area contributed by atoms with Crippen LogP contribution in [0.4, 0.5) is 11.4 Å². The second-order valence-corrected chi connectivity index (χ2v) is 9.92. The molecule has 2 fully saturated rings. The molecule has 162 valence electrons. The number of benzene rings is 1. The number of nitrogens with one attached hydrogen (secondary N) is 2. The molecule has 0 saturated carbocycles. The topological polar surface area (TPSA) is 97.0 Å². The summed E-state index contributed by atoms with van der Waals surface area (Å²) in [4.78, 5) is 12.8. The van der Waals surface area contributed by atoms with Crippen molar-refractivity contribution in [1.29, 1.82) is 0 Å². The lowest BCUT2D eigenvalue weighted by Crippen LogP contribution is -2.40. The van der Waals surface area contributed by atoms with Gasteiger partial charge in [-0.25, -0.2) is 8.42 Å². The van der Waals surface area contributed by atoms with E-state index in [1.54, 1.807) is 23.6 Å². The zero-order valence-corrected chi connectivity index (χ0v) is 18.1. The molecule has 0 bridgehead atoms. The molecule has 2 saturated heterocycles. The van der Waals surface area contributed by atoms with Gasteiger partial charge in [0, 0.05) is 31.6 Å². The summed E-state index contributed by atoms with van der Waals surface area (Å²) in [6, 6.07) is 6.52. The van der Waals surface area contributed by atoms with Crippen molar-refractivity contribution in [2.75, 3.05) is 50.1 Å². The predicted molar refractivity (Wildman–Crippen MR) is 116 cm³/mol. The molecule has 1 amide bonds. The van der Waals surface area contributed by atoms with Crippen LogP contribution in [0.2, 0.25) is 0 Å². The molecule has 0 unspecified atom stereocenters. The van der Waals surface area contributed by atoms with E-state index in [1.165, 1.54) is 21.7 Å². The highest BCUT2D eigenvalue weighted by atomic mass is 32.2. The number of carbonyl (C=O) groups excluding carboxylic acids is 1. The lowest BCUT2D eigenvalue weighted by atomic mass is 10.2. The van der Waals surface area contributed by atoms with E-state index in [4.69, 9.17) is 9.47 Å². The number of hydrogen-bond acceptors (Lipinski definition) is 7. The van der Waals surface area contributed by atoms with Crippen LogP contribution in [0.5, 0.6) is 0 Å². The highest BCUT2D eigenvalue weighted by molar-refractivity contribution is 7.89. The molecule has 1 atom stereocenters. The van der Waals surface area contributed by atoms with Gasteiger partial charge in [0.1, 0.15) is 0 Å². The summed E-state index contributed by atoms with van der Waals surface area (Å²) in [5, 5.41) is 9.74. The molecular weight excluding hydrogens is 426 g/mol. The van der Waals surface area contributed by atoms with Crippen molar-refractivity contribution >= 4 is 38.6 Å². The van der Waals surface area contributed by atoms with Crippen molar-refractivity contribution in [3.05, 3.63) is 40.6 Å². The summed E-state index contributed by atoms with van der Waals surface area (Å²) in [7, 11) is -3.67. The van der Waals surface area contributed by atoms with Gasteiger partial charge in [-0.05, 0) is 42.5 Å². The van der Waals surface area contributed by atoms with E-state index in [0.717, 1.165) is 19.4 Å². The van der Waals surface area contributed by atoms with Gasteiger partial charge in [-0.15, -0.1) is 0 Å². The Morgan fingerprint density at radius 1 is 1.17 bits per heavy atom. The molecule has 4 rings (SSSR count). The number of anilines is 2. The van der Waals surface area contributed by atoms with E-state index in [9.17, 15) is 13.2 Å². The second kappa shape index (κ2) is 9.44. The third kappa shape index (κ3) is 4.84. The van der Waals surface area contributed by atoms with Crippen molar-refractivity contribution in [1.82, 2.24) is 4.31 Å². The Morgan fingerprint density at radius 3 is 2.70 bits per heavy atom. The smallest absolute Gasteiger partial charge is 0.256 e. The fourth-order valence-electron chi connectivity index (χ4n) is 3.49. The molecule has 2 aliphatic rings. The number of rotatable bonds is 7. The summed E-state index contributed by atoms with van der Waals surface area (Å²) in [5.41, 5.74) is 1.63. The minimum atomic E-state index is -3.67. The molecule has 1 aromatic carbocycles. The largest absolute Gasteiger partial charge is 0.381 e. The minimum absolute atomic E-state index is 0.113. The first-order chi connectivity index (χ1) is 14.5. The first-order valence-electron chi connectivity index (χ1n) is 9.95. The van der Waals surface area contributed by atoms with Gasteiger partial charge in [0.2, 0.25) is 10.0 Å².